The average molecular weight is 368 g/mol. The third kappa shape index (κ3) is 5.81. The summed E-state index contributed by atoms with van der Waals surface area (Å²) in [5.74, 6) is 0.847. The van der Waals surface area contributed by atoms with E-state index in [9.17, 15) is 4.79 Å². The van der Waals surface area contributed by atoms with Crippen molar-refractivity contribution in [2.75, 3.05) is 26.8 Å². The zero-order valence-electron chi connectivity index (χ0n) is 15.9. The number of rotatable bonds is 9. The molecule has 2 aromatic carbocycles. The number of benzene rings is 2. The summed E-state index contributed by atoms with van der Waals surface area (Å²) in [7, 11) is 1.70. The molecule has 1 aliphatic rings. The molecule has 144 valence electrons. The molecule has 5 nitrogen and oxygen atoms in total. The number of hydrogen-bond donors (Lipinski definition) is 1. The molecule has 0 radical (unpaired) electrons. The summed E-state index contributed by atoms with van der Waals surface area (Å²) in [6.07, 6.45) is 2.19. The number of likely N-dealkylation sites (tertiary alicyclic amines) is 1. The first-order chi connectivity index (χ1) is 13.3. The van der Waals surface area contributed by atoms with Crippen molar-refractivity contribution in [1.29, 1.82) is 0 Å². The summed E-state index contributed by atoms with van der Waals surface area (Å²) in [5.41, 5.74) is 3.45. The summed E-state index contributed by atoms with van der Waals surface area (Å²) in [6, 6.07) is 16.3. The van der Waals surface area contributed by atoms with Crippen LogP contribution in [0.2, 0.25) is 0 Å². The van der Waals surface area contributed by atoms with Gasteiger partial charge in [0, 0.05) is 38.9 Å². The van der Waals surface area contributed by atoms with Crippen LogP contribution in [0.3, 0.4) is 0 Å². The van der Waals surface area contributed by atoms with E-state index in [2.05, 4.69) is 29.6 Å². The Balaban J connectivity index is 1.49. The van der Waals surface area contributed by atoms with Gasteiger partial charge in [0.2, 0.25) is 0 Å². The Bertz CT molecular complexity index is 725. The predicted octanol–water partition coefficient (Wildman–Crippen LogP) is 3.12. The van der Waals surface area contributed by atoms with Gasteiger partial charge in [-0.3, -0.25) is 4.79 Å². The molecule has 0 unspecified atom stereocenters. The molecule has 1 amide bonds. The van der Waals surface area contributed by atoms with Crippen molar-refractivity contribution < 1.29 is 14.3 Å². The molecule has 1 N–H and O–H groups in total. The number of carbonyl (C=O) groups is 1. The van der Waals surface area contributed by atoms with Crippen LogP contribution in [-0.2, 0) is 29.2 Å². The van der Waals surface area contributed by atoms with E-state index < -0.39 is 0 Å². The zero-order valence-corrected chi connectivity index (χ0v) is 15.9. The van der Waals surface area contributed by atoms with E-state index in [1.54, 1.807) is 7.11 Å². The van der Waals surface area contributed by atoms with E-state index in [0.29, 0.717) is 13.2 Å². The molecule has 0 aliphatic carbocycles. The van der Waals surface area contributed by atoms with Gasteiger partial charge in [-0.15, -0.1) is 0 Å². The Labute approximate surface area is 161 Å². The van der Waals surface area contributed by atoms with Gasteiger partial charge in [0.05, 0.1) is 6.61 Å². The van der Waals surface area contributed by atoms with Crippen LogP contribution >= 0.6 is 0 Å². The number of ether oxygens (including phenoxy) is 2. The molecule has 5 heteroatoms. The molecule has 27 heavy (non-hydrogen) atoms. The van der Waals surface area contributed by atoms with Crippen molar-refractivity contribution >= 4 is 5.91 Å². The van der Waals surface area contributed by atoms with Gasteiger partial charge in [-0.25, -0.2) is 0 Å². The fourth-order valence-electron chi connectivity index (χ4n) is 3.25. The first-order valence-corrected chi connectivity index (χ1v) is 9.52. The fourth-order valence-corrected chi connectivity index (χ4v) is 3.25. The van der Waals surface area contributed by atoms with E-state index >= 15 is 0 Å². The molecule has 1 heterocycles. The van der Waals surface area contributed by atoms with Crippen LogP contribution in [-0.4, -0.2) is 37.6 Å². The maximum absolute atomic E-state index is 12.2. The highest BCUT2D eigenvalue weighted by molar-refractivity contribution is 5.78. The molecule has 0 spiro atoms. The van der Waals surface area contributed by atoms with E-state index in [0.717, 1.165) is 43.8 Å². The third-order valence-electron chi connectivity index (χ3n) is 4.76. The summed E-state index contributed by atoms with van der Waals surface area (Å²) in [6.45, 7) is 3.91. The summed E-state index contributed by atoms with van der Waals surface area (Å²) in [5, 5.41) is 3.45. The average Bonchev–Trinajstić information content (AvgIpc) is 3.23. The number of para-hydroxylation sites is 1. The number of hydrogen-bond acceptors (Lipinski definition) is 4. The second kappa shape index (κ2) is 10.1. The van der Waals surface area contributed by atoms with Gasteiger partial charge in [-0.1, -0.05) is 42.5 Å². The predicted molar refractivity (Wildman–Crippen MR) is 105 cm³/mol. The maximum Gasteiger partial charge on any atom is 0.260 e. The van der Waals surface area contributed by atoms with Crippen molar-refractivity contribution in [1.82, 2.24) is 10.2 Å². The molecular weight excluding hydrogens is 340 g/mol. The van der Waals surface area contributed by atoms with Crippen molar-refractivity contribution in [3.05, 3.63) is 65.2 Å². The first kappa shape index (κ1) is 19.4. The van der Waals surface area contributed by atoms with Crippen LogP contribution in [0.15, 0.2) is 48.5 Å². The topological polar surface area (TPSA) is 50.8 Å². The second-order valence-corrected chi connectivity index (χ2v) is 6.84. The normalized spacial score (nSPS) is 13.7. The molecule has 1 aliphatic heterocycles. The molecule has 3 rings (SSSR count). The molecule has 0 bridgehead atoms. The molecule has 0 saturated carbocycles. The van der Waals surface area contributed by atoms with Gasteiger partial charge in [0.1, 0.15) is 5.75 Å². The van der Waals surface area contributed by atoms with Crippen LogP contribution in [0.4, 0.5) is 0 Å². The van der Waals surface area contributed by atoms with Crippen molar-refractivity contribution in [2.45, 2.75) is 32.5 Å². The SMILES string of the molecule is COCc1ccc(CNCc2ccccc2OCC(=O)N2CCCC2)cc1. The first-order valence-electron chi connectivity index (χ1n) is 9.52. The molecular formula is C22H28N2O3. The number of methoxy groups -OCH3 is 1. The number of nitrogens with one attached hydrogen (secondary N) is 1. The maximum atomic E-state index is 12.2. The molecule has 0 aromatic heterocycles. The molecule has 1 saturated heterocycles. The van der Waals surface area contributed by atoms with E-state index in [-0.39, 0.29) is 12.5 Å². The van der Waals surface area contributed by atoms with Gasteiger partial charge in [-0.2, -0.15) is 0 Å². The fraction of sp³-hybridized carbons (Fsp3) is 0.409. The highest BCUT2D eigenvalue weighted by Crippen LogP contribution is 2.18. The number of carbonyl (C=O) groups excluding carboxylic acids is 1. The Morgan fingerprint density at radius 1 is 1.00 bits per heavy atom. The van der Waals surface area contributed by atoms with Gasteiger partial charge in [-0.05, 0) is 30.0 Å². The largest absolute Gasteiger partial charge is 0.483 e. The Hall–Kier alpha value is -2.37. The lowest BCUT2D eigenvalue weighted by Gasteiger charge is -2.17. The monoisotopic (exact) mass is 368 g/mol. The number of nitrogens with zero attached hydrogens (tertiary/aromatic N) is 1. The van der Waals surface area contributed by atoms with Crippen molar-refractivity contribution in [3.63, 3.8) is 0 Å². The van der Waals surface area contributed by atoms with Gasteiger partial charge >= 0.3 is 0 Å². The lowest BCUT2D eigenvalue weighted by atomic mass is 10.1. The molecule has 2 aromatic rings. The molecule has 0 atom stereocenters. The molecule has 1 fully saturated rings. The minimum atomic E-state index is 0.0754. The minimum absolute atomic E-state index is 0.0754. The summed E-state index contributed by atoms with van der Waals surface area (Å²) < 4.78 is 10.9. The summed E-state index contributed by atoms with van der Waals surface area (Å²) in [4.78, 5) is 14.1. The smallest absolute Gasteiger partial charge is 0.260 e. The van der Waals surface area contributed by atoms with Crippen LogP contribution < -0.4 is 10.1 Å². The minimum Gasteiger partial charge on any atom is -0.483 e. The van der Waals surface area contributed by atoms with Crippen LogP contribution in [0.5, 0.6) is 5.75 Å². The van der Waals surface area contributed by atoms with Crippen LogP contribution in [0, 0.1) is 0 Å². The van der Waals surface area contributed by atoms with Crippen LogP contribution in [0.25, 0.3) is 0 Å². The van der Waals surface area contributed by atoms with Crippen molar-refractivity contribution in [3.8, 4) is 5.75 Å². The van der Waals surface area contributed by atoms with Gasteiger partial charge in [0.15, 0.2) is 6.61 Å². The highest BCUT2D eigenvalue weighted by Gasteiger charge is 2.18. The third-order valence-corrected chi connectivity index (χ3v) is 4.76. The van der Waals surface area contributed by atoms with E-state index in [4.69, 9.17) is 9.47 Å². The van der Waals surface area contributed by atoms with E-state index in [1.165, 1.54) is 11.1 Å². The lowest BCUT2D eigenvalue weighted by molar-refractivity contribution is -0.132. The quantitative estimate of drug-likeness (QED) is 0.739. The standard InChI is InChI=1S/C22H28N2O3/c1-26-16-19-10-8-18(9-11-19)14-23-15-20-6-2-3-7-21(20)27-17-22(25)24-12-4-5-13-24/h2-3,6-11,23H,4-5,12-17H2,1H3. The Morgan fingerprint density at radius 3 is 2.44 bits per heavy atom. The Kier molecular flexibility index (Phi) is 7.25. The van der Waals surface area contributed by atoms with E-state index in [1.807, 2.05) is 29.2 Å². The number of amides is 1. The second-order valence-electron chi connectivity index (χ2n) is 6.84. The Morgan fingerprint density at radius 2 is 1.70 bits per heavy atom. The van der Waals surface area contributed by atoms with Crippen molar-refractivity contribution in [2.24, 2.45) is 0 Å². The van der Waals surface area contributed by atoms with Gasteiger partial charge < -0.3 is 19.7 Å². The van der Waals surface area contributed by atoms with Gasteiger partial charge in [0.25, 0.3) is 5.91 Å². The zero-order chi connectivity index (χ0) is 18.9. The van der Waals surface area contributed by atoms with Crippen LogP contribution in [0.1, 0.15) is 29.5 Å². The lowest BCUT2D eigenvalue weighted by Crippen LogP contribution is -2.32. The summed E-state index contributed by atoms with van der Waals surface area (Å²) >= 11 is 0. The highest BCUT2D eigenvalue weighted by atomic mass is 16.5.